The van der Waals surface area contributed by atoms with Crippen molar-refractivity contribution in [2.75, 3.05) is 30.5 Å². The maximum Gasteiger partial charge on any atom is 0.261 e. The molecule has 3 heterocycles. The highest BCUT2D eigenvalue weighted by molar-refractivity contribution is 6.18. The number of halogens is 3. The van der Waals surface area contributed by atoms with Crippen LogP contribution >= 0.6 is 11.6 Å². The first kappa shape index (κ1) is 19.7. The molecule has 4 rings (SSSR count). The van der Waals surface area contributed by atoms with Crippen molar-refractivity contribution in [2.24, 2.45) is 0 Å². The molecule has 1 saturated heterocycles. The van der Waals surface area contributed by atoms with Crippen molar-refractivity contribution in [2.45, 2.75) is 20.0 Å². The largest absolute Gasteiger partial charge is 0.373 e. The fourth-order valence-electron chi connectivity index (χ4n) is 3.36. The predicted molar refractivity (Wildman–Crippen MR) is 107 cm³/mol. The molecular formula is C20H19ClF2N4O2. The highest BCUT2D eigenvalue weighted by Gasteiger charge is 2.24. The van der Waals surface area contributed by atoms with E-state index in [0.29, 0.717) is 42.7 Å². The number of anilines is 1. The molecule has 0 bridgehead atoms. The number of aryl methyl sites for hydroxylation is 1. The van der Waals surface area contributed by atoms with Gasteiger partial charge in [0.25, 0.3) is 5.56 Å². The van der Waals surface area contributed by atoms with Crippen molar-refractivity contribution >= 4 is 23.1 Å². The van der Waals surface area contributed by atoms with Crippen LogP contribution in [0.25, 0.3) is 16.9 Å². The predicted octanol–water partition coefficient (Wildman–Crippen LogP) is 3.10. The third-order valence-electron chi connectivity index (χ3n) is 5.09. The van der Waals surface area contributed by atoms with Crippen LogP contribution in [0.2, 0.25) is 0 Å². The molecule has 29 heavy (non-hydrogen) atoms. The Bertz CT molecular complexity index is 1150. The van der Waals surface area contributed by atoms with Gasteiger partial charge in [0, 0.05) is 36.0 Å². The number of alkyl halides is 1. The van der Waals surface area contributed by atoms with Crippen LogP contribution in [-0.2, 0) is 4.74 Å². The number of hydrogen-bond acceptors (Lipinski definition) is 5. The maximum absolute atomic E-state index is 14.6. The molecule has 0 radical (unpaired) electrons. The van der Waals surface area contributed by atoms with E-state index in [2.05, 4.69) is 9.97 Å². The Morgan fingerprint density at radius 3 is 2.79 bits per heavy atom. The summed E-state index contributed by atoms with van der Waals surface area (Å²) in [6.07, 6.45) is 1.42. The molecule has 9 heteroatoms. The van der Waals surface area contributed by atoms with E-state index in [9.17, 15) is 13.6 Å². The van der Waals surface area contributed by atoms with Gasteiger partial charge in [0.2, 0.25) is 0 Å². The van der Waals surface area contributed by atoms with E-state index in [1.807, 2.05) is 4.90 Å². The number of fused-ring (bicyclic) bond motifs is 1. The van der Waals surface area contributed by atoms with Gasteiger partial charge in [0.15, 0.2) is 5.65 Å². The van der Waals surface area contributed by atoms with Crippen LogP contribution in [0.1, 0.15) is 11.3 Å². The number of hydrogen-bond donors (Lipinski definition) is 0. The zero-order valence-electron chi connectivity index (χ0n) is 16.0. The first-order valence-electron chi connectivity index (χ1n) is 9.17. The molecule has 3 aromatic rings. The zero-order valence-corrected chi connectivity index (χ0v) is 16.7. The molecule has 1 fully saturated rings. The number of aromatic nitrogens is 3. The minimum absolute atomic E-state index is 0.0723. The van der Waals surface area contributed by atoms with Crippen LogP contribution in [0, 0.1) is 25.5 Å². The van der Waals surface area contributed by atoms with Gasteiger partial charge in [-0.3, -0.25) is 9.20 Å². The van der Waals surface area contributed by atoms with Gasteiger partial charge in [-0.25, -0.2) is 18.7 Å². The van der Waals surface area contributed by atoms with Crippen molar-refractivity contribution in [1.29, 1.82) is 0 Å². The second-order valence-corrected chi connectivity index (χ2v) is 7.29. The van der Waals surface area contributed by atoms with E-state index < -0.39 is 11.6 Å². The summed E-state index contributed by atoms with van der Waals surface area (Å²) in [5.74, 6) is -0.669. The molecule has 0 spiro atoms. The Balaban J connectivity index is 1.98. The number of rotatable bonds is 3. The lowest BCUT2D eigenvalue weighted by molar-refractivity contribution is 0.0551. The van der Waals surface area contributed by atoms with Crippen LogP contribution in [0.3, 0.4) is 0 Å². The van der Waals surface area contributed by atoms with Gasteiger partial charge < -0.3 is 9.64 Å². The molecule has 0 N–H and O–H groups in total. The Hall–Kier alpha value is -2.58. The number of benzene rings is 1. The maximum atomic E-state index is 14.6. The molecule has 1 aromatic carbocycles. The van der Waals surface area contributed by atoms with Gasteiger partial charge in [-0.1, -0.05) is 0 Å². The van der Waals surface area contributed by atoms with Gasteiger partial charge >= 0.3 is 0 Å². The highest BCUT2D eigenvalue weighted by atomic mass is 35.5. The number of morpholine rings is 1. The quantitative estimate of drug-likeness (QED) is 0.609. The van der Waals surface area contributed by atoms with E-state index in [1.54, 1.807) is 20.0 Å². The third kappa shape index (κ3) is 3.58. The summed E-state index contributed by atoms with van der Waals surface area (Å²) in [5.41, 5.74) is 1.22. The van der Waals surface area contributed by atoms with E-state index >= 15 is 0 Å². The van der Waals surface area contributed by atoms with Crippen LogP contribution in [0.15, 0.2) is 29.2 Å². The Labute approximate surface area is 170 Å². The second kappa shape index (κ2) is 7.68. The third-order valence-corrected chi connectivity index (χ3v) is 5.43. The van der Waals surface area contributed by atoms with Crippen LogP contribution < -0.4 is 10.5 Å². The van der Waals surface area contributed by atoms with E-state index in [1.165, 1.54) is 10.5 Å². The van der Waals surface area contributed by atoms with Gasteiger partial charge in [-0.05, 0) is 26.0 Å². The minimum Gasteiger partial charge on any atom is -0.373 e. The molecule has 0 amide bonds. The van der Waals surface area contributed by atoms with Crippen molar-refractivity contribution < 1.29 is 13.5 Å². The first-order valence-corrected chi connectivity index (χ1v) is 9.71. The molecule has 152 valence electrons. The average Bonchev–Trinajstić information content (AvgIpc) is 2.72. The molecule has 2 aromatic heterocycles. The second-order valence-electron chi connectivity index (χ2n) is 6.99. The molecule has 0 saturated carbocycles. The standard InChI is InChI=1S/C20H19ClF2N4O2/c1-11-12(2)24-19-18(15-4-3-13(22)7-16(15)23)25-17(10-27(19)20(11)28)26-5-6-29-14(8-21)9-26/h3-4,7,10,14H,5-6,8-9H2,1-2H3. The van der Waals surface area contributed by atoms with Crippen LogP contribution in [-0.4, -0.2) is 46.0 Å². The van der Waals surface area contributed by atoms with E-state index in [-0.39, 0.29) is 28.6 Å². The topological polar surface area (TPSA) is 59.7 Å². The fraction of sp³-hybridized carbons (Fsp3) is 0.350. The van der Waals surface area contributed by atoms with E-state index in [0.717, 1.165) is 12.1 Å². The summed E-state index contributed by atoms with van der Waals surface area (Å²) >= 11 is 5.93. The van der Waals surface area contributed by atoms with Crippen LogP contribution in [0.5, 0.6) is 0 Å². The lowest BCUT2D eigenvalue weighted by atomic mass is 10.1. The SMILES string of the molecule is Cc1nc2c(-c3ccc(F)cc3F)nc(N3CCOC(CCl)C3)cn2c(=O)c1C. The molecule has 1 aliphatic rings. The zero-order chi connectivity index (χ0) is 20.7. The summed E-state index contributed by atoms with van der Waals surface area (Å²) < 4.78 is 35.0. The van der Waals surface area contributed by atoms with Crippen molar-refractivity contribution in [3.05, 3.63) is 57.6 Å². The summed E-state index contributed by atoms with van der Waals surface area (Å²) in [4.78, 5) is 23.9. The fourth-order valence-corrected chi connectivity index (χ4v) is 3.55. The summed E-state index contributed by atoms with van der Waals surface area (Å²) in [7, 11) is 0. The first-order chi connectivity index (χ1) is 13.9. The molecule has 6 nitrogen and oxygen atoms in total. The van der Waals surface area contributed by atoms with Crippen LogP contribution in [0.4, 0.5) is 14.6 Å². The number of nitrogens with zero attached hydrogens (tertiary/aromatic N) is 4. The van der Waals surface area contributed by atoms with Gasteiger partial charge in [-0.15, -0.1) is 11.6 Å². The molecule has 1 atom stereocenters. The summed E-state index contributed by atoms with van der Waals surface area (Å²) in [5, 5.41) is 0. The monoisotopic (exact) mass is 420 g/mol. The molecule has 1 unspecified atom stereocenters. The Morgan fingerprint density at radius 2 is 2.07 bits per heavy atom. The summed E-state index contributed by atoms with van der Waals surface area (Å²) in [6, 6.07) is 3.25. The van der Waals surface area contributed by atoms with Crippen molar-refractivity contribution in [1.82, 2.24) is 14.4 Å². The average molecular weight is 421 g/mol. The summed E-state index contributed by atoms with van der Waals surface area (Å²) in [6.45, 7) is 4.89. The van der Waals surface area contributed by atoms with Gasteiger partial charge in [0.1, 0.15) is 23.1 Å². The van der Waals surface area contributed by atoms with Crippen molar-refractivity contribution in [3.63, 3.8) is 0 Å². The van der Waals surface area contributed by atoms with Crippen molar-refractivity contribution in [3.8, 4) is 11.3 Å². The molecule has 1 aliphatic heterocycles. The molecular weight excluding hydrogens is 402 g/mol. The number of ether oxygens (including phenoxy) is 1. The van der Waals surface area contributed by atoms with E-state index in [4.69, 9.17) is 16.3 Å². The lowest BCUT2D eigenvalue weighted by Crippen LogP contribution is -2.44. The molecule has 0 aliphatic carbocycles. The van der Waals surface area contributed by atoms with Gasteiger partial charge in [-0.2, -0.15) is 0 Å². The minimum atomic E-state index is -0.773. The lowest BCUT2D eigenvalue weighted by Gasteiger charge is -2.33. The van der Waals surface area contributed by atoms with Gasteiger partial charge in [0.05, 0.1) is 24.8 Å². The highest BCUT2D eigenvalue weighted by Crippen LogP contribution is 2.28. The Kier molecular flexibility index (Phi) is 5.23. The Morgan fingerprint density at radius 1 is 1.28 bits per heavy atom. The normalized spacial score (nSPS) is 17.1. The smallest absolute Gasteiger partial charge is 0.261 e.